The van der Waals surface area contributed by atoms with Crippen molar-refractivity contribution in [2.75, 3.05) is 14.1 Å². The molecular weight excluding hydrogens is 444 g/mol. The predicted octanol–water partition coefficient (Wildman–Crippen LogP) is -0.831. The molecule has 0 saturated heterocycles. The number of carbonyl (C=O) groups excluding carboxylic acids is 6. The highest BCUT2D eigenvalue weighted by atomic mass is 16.3. The lowest BCUT2D eigenvalue weighted by molar-refractivity contribution is -0.181. The van der Waals surface area contributed by atoms with Crippen molar-refractivity contribution in [2.24, 2.45) is 29.4 Å². The normalized spacial score (nSPS) is 33.7. The van der Waals surface area contributed by atoms with Gasteiger partial charge in [-0.2, -0.15) is 0 Å². The lowest BCUT2D eigenvalue weighted by Crippen LogP contribution is -2.74. The number of aliphatic hydroxyl groups is 1. The van der Waals surface area contributed by atoms with Gasteiger partial charge in [-0.3, -0.25) is 28.9 Å². The predicted molar refractivity (Wildman–Crippen MR) is 116 cm³/mol. The van der Waals surface area contributed by atoms with E-state index in [0.29, 0.717) is 17.4 Å². The van der Waals surface area contributed by atoms with Crippen LogP contribution in [-0.4, -0.2) is 76.2 Å². The maximum Gasteiger partial charge on any atom is 0.235 e. The molecule has 4 rings (SSSR count). The highest BCUT2D eigenvalue weighted by Gasteiger charge is 2.69. The quantitative estimate of drug-likeness (QED) is 0.375. The van der Waals surface area contributed by atoms with Crippen molar-refractivity contribution in [3.8, 4) is 5.75 Å². The van der Waals surface area contributed by atoms with E-state index in [2.05, 4.69) is 0 Å². The SMILES string of the molecule is CC(C=O)c1ccc(O)c2c1C[C@H]1C[C@H]3[C@H](N(C)C)C(=O)C(C(N)=O)C(=O)[C@@]3(O)C(=O)C1C2=O. The van der Waals surface area contributed by atoms with Crippen molar-refractivity contribution >= 4 is 35.3 Å². The molecule has 0 spiro atoms. The summed E-state index contributed by atoms with van der Waals surface area (Å²) < 4.78 is 0. The number of fused-ring (bicyclic) bond motifs is 3. The number of hydrogen-bond acceptors (Lipinski definition) is 9. The number of phenols is 1. The Morgan fingerprint density at radius 1 is 1.21 bits per heavy atom. The first-order valence-electron chi connectivity index (χ1n) is 11.0. The van der Waals surface area contributed by atoms with Crippen molar-refractivity contribution in [2.45, 2.75) is 37.3 Å². The molecule has 10 nitrogen and oxygen atoms in total. The Morgan fingerprint density at radius 3 is 2.41 bits per heavy atom. The van der Waals surface area contributed by atoms with Crippen molar-refractivity contribution in [3.63, 3.8) is 0 Å². The molecule has 34 heavy (non-hydrogen) atoms. The van der Waals surface area contributed by atoms with Gasteiger partial charge in [-0.1, -0.05) is 13.0 Å². The number of benzene rings is 1. The first-order valence-corrected chi connectivity index (χ1v) is 11.0. The van der Waals surface area contributed by atoms with E-state index in [-0.39, 0.29) is 24.2 Å². The van der Waals surface area contributed by atoms with Crippen molar-refractivity contribution in [3.05, 3.63) is 28.8 Å². The van der Waals surface area contributed by atoms with Gasteiger partial charge in [-0.05, 0) is 50.0 Å². The zero-order valence-electron chi connectivity index (χ0n) is 19.0. The summed E-state index contributed by atoms with van der Waals surface area (Å²) in [6.07, 6.45) is 0.806. The molecule has 0 bridgehead atoms. The smallest absolute Gasteiger partial charge is 0.235 e. The molecule has 0 radical (unpaired) electrons. The molecule has 1 aromatic rings. The fraction of sp³-hybridized carbons (Fsp3) is 0.500. The second-order valence-electron chi connectivity index (χ2n) is 9.74. The van der Waals surface area contributed by atoms with Gasteiger partial charge in [0.1, 0.15) is 12.0 Å². The number of phenolic OH excluding ortho intramolecular Hbond substituents is 1. The highest BCUT2D eigenvalue weighted by molar-refractivity contribution is 6.32. The largest absolute Gasteiger partial charge is 0.507 e. The molecule has 3 aliphatic carbocycles. The van der Waals surface area contributed by atoms with Crippen LogP contribution in [0.5, 0.6) is 5.75 Å². The molecule has 0 heterocycles. The van der Waals surface area contributed by atoms with E-state index in [1.54, 1.807) is 13.0 Å². The topological polar surface area (TPSA) is 172 Å². The maximum atomic E-state index is 13.7. The lowest BCUT2D eigenvalue weighted by atomic mass is 9.52. The molecule has 10 heteroatoms. The van der Waals surface area contributed by atoms with Gasteiger partial charge in [-0.15, -0.1) is 0 Å². The van der Waals surface area contributed by atoms with Gasteiger partial charge in [0.2, 0.25) is 5.91 Å². The van der Waals surface area contributed by atoms with E-state index < -0.39 is 70.3 Å². The van der Waals surface area contributed by atoms with Gasteiger partial charge in [-0.25, -0.2) is 0 Å². The van der Waals surface area contributed by atoms with Gasteiger partial charge in [0.05, 0.1) is 17.5 Å². The van der Waals surface area contributed by atoms with Crippen LogP contribution in [0.15, 0.2) is 12.1 Å². The number of carbonyl (C=O) groups is 6. The first-order chi connectivity index (χ1) is 15.9. The Kier molecular flexibility index (Phi) is 5.57. The number of aldehydes is 1. The molecule has 1 aromatic carbocycles. The summed E-state index contributed by atoms with van der Waals surface area (Å²) in [5.41, 5.74) is 3.40. The van der Waals surface area contributed by atoms with Crippen LogP contribution in [0.1, 0.15) is 40.7 Å². The van der Waals surface area contributed by atoms with E-state index in [1.807, 2.05) is 0 Å². The molecule has 0 aromatic heterocycles. The fourth-order valence-electron chi connectivity index (χ4n) is 6.13. The highest BCUT2D eigenvalue weighted by Crippen LogP contribution is 2.51. The van der Waals surface area contributed by atoms with Gasteiger partial charge in [0.25, 0.3) is 0 Å². The third kappa shape index (κ3) is 3.01. The van der Waals surface area contributed by atoms with Crippen molar-refractivity contribution in [1.29, 1.82) is 0 Å². The molecule has 7 atom stereocenters. The fourth-order valence-corrected chi connectivity index (χ4v) is 6.13. The Labute approximate surface area is 195 Å². The Balaban J connectivity index is 1.89. The number of amides is 1. The summed E-state index contributed by atoms with van der Waals surface area (Å²) in [6.45, 7) is 1.64. The van der Waals surface area contributed by atoms with Crippen LogP contribution in [0.4, 0.5) is 0 Å². The number of aromatic hydroxyl groups is 1. The second kappa shape index (κ2) is 7.92. The van der Waals surface area contributed by atoms with Crippen LogP contribution in [-0.2, 0) is 30.4 Å². The second-order valence-corrected chi connectivity index (χ2v) is 9.74. The van der Waals surface area contributed by atoms with Crippen LogP contribution in [0, 0.1) is 23.7 Å². The third-order valence-electron chi connectivity index (χ3n) is 7.68. The number of ketones is 4. The number of nitrogens with zero attached hydrogens (tertiary/aromatic N) is 1. The molecule has 4 N–H and O–H groups in total. The minimum atomic E-state index is -2.75. The minimum absolute atomic E-state index is 0.0333. The average Bonchev–Trinajstić information content (AvgIpc) is 2.75. The van der Waals surface area contributed by atoms with Crippen molar-refractivity contribution < 1.29 is 39.0 Å². The van der Waals surface area contributed by atoms with Gasteiger partial charge in [0, 0.05) is 11.8 Å². The minimum Gasteiger partial charge on any atom is -0.507 e. The number of rotatable bonds is 4. The summed E-state index contributed by atoms with van der Waals surface area (Å²) in [5, 5.41) is 21.9. The zero-order chi connectivity index (χ0) is 25.3. The molecule has 180 valence electrons. The van der Waals surface area contributed by atoms with Crippen LogP contribution < -0.4 is 5.73 Å². The molecule has 3 aliphatic rings. The summed E-state index contributed by atoms with van der Waals surface area (Å²) in [7, 11) is 3.05. The van der Waals surface area contributed by atoms with Gasteiger partial charge >= 0.3 is 0 Å². The third-order valence-corrected chi connectivity index (χ3v) is 7.68. The van der Waals surface area contributed by atoms with Gasteiger partial charge < -0.3 is 20.7 Å². The van der Waals surface area contributed by atoms with Crippen LogP contribution in [0.25, 0.3) is 0 Å². The van der Waals surface area contributed by atoms with E-state index in [1.165, 1.54) is 25.1 Å². The average molecular weight is 470 g/mol. The summed E-state index contributed by atoms with van der Waals surface area (Å²) in [4.78, 5) is 78.2. The first kappa shape index (κ1) is 23.9. The maximum absolute atomic E-state index is 13.7. The number of likely N-dealkylation sites (N-methyl/N-ethyl adjacent to an activating group) is 1. The summed E-state index contributed by atoms with van der Waals surface area (Å²) >= 11 is 0. The summed E-state index contributed by atoms with van der Waals surface area (Å²) in [6, 6.07) is 1.67. The standard InChI is InChI=1S/C24H26N2O8/c1-9(8-27)11-4-5-14(28)16-12(11)6-10-7-13-18(26(2)3)20(30)17(23(25)33)22(32)24(13,34)21(31)15(10)19(16)29/h4-5,8-10,13,15,17-18,28,34H,6-7H2,1-3H3,(H2,25,33)/t9?,10-,13-,15?,17?,18-,24-/m0/s1. The Bertz CT molecular complexity index is 1160. The number of primary amides is 1. The van der Waals surface area contributed by atoms with E-state index in [4.69, 9.17) is 5.73 Å². The monoisotopic (exact) mass is 470 g/mol. The van der Waals surface area contributed by atoms with E-state index in [9.17, 15) is 39.0 Å². The summed E-state index contributed by atoms with van der Waals surface area (Å²) in [5.74, 6) is -11.5. The van der Waals surface area contributed by atoms with Crippen LogP contribution in [0.2, 0.25) is 0 Å². The molecule has 1 amide bonds. The molecule has 0 aliphatic heterocycles. The number of nitrogens with two attached hydrogens (primary N) is 1. The van der Waals surface area contributed by atoms with Crippen molar-refractivity contribution in [1.82, 2.24) is 4.90 Å². The van der Waals surface area contributed by atoms with Gasteiger partial charge in [0.15, 0.2) is 34.7 Å². The molecule has 2 fully saturated rings. The molecule has 3 unspecified atom stereocenters. The zero-order valence-corrected chi connectivity index (χ0v) is 19.0. The van der Waals surface area contributed by atoms with Crippen LogP contribution >= 0.6 is 0 Å². The Hall–Kier alpha value is -3.24. The Morgan fingerprint density at radius 2 is 1.85 bits per heavy atom. The van der Waals surface area contributed by atoms with E-state index >= 15 is 0 Å². The number of Topliss-reactive ketones (excluding diaryl/α,β-unsaturated/α-hetero) is 4. The van der Waals surface area contributed by atoms with E-state index in [0.717, 1.165) is 0 Å². The molecular formula is C24H26N2O8. The number of hydrogen-bond donors (Lipinski definition) is 3. The lowest BCUT2D eigenvalue weighted by Gasteiger charge is -2.52. The molecule has 2 saturated carbocycles. The van der Waals surface area contributed by atoms with Crippen LogP contribution in [0.3, 0.4) is 0 Å².